The lowest BCUT2D eigenvalue weighted by Gasteiger charge is -2.10. The van der Waals surface area contributed by atoms with Gasteiger partial charge in [0.1, 0.15) is 17.1 Å². The Balaban J connectivity index is 1.50. The van der Waals surface area contributed by atoms with Crippen molar-refractivity contribution in [2.24, 2.45) is 7.05 Å². The standard InChI is InChI=1S/C24H27N9O4/c1-6-31-22(24(35)27-19-11-25-30(5)15(19)3)20(12-26-31)28-23(34)18-9-7-17(8-10-18)13-32-16(4)21(33(36)37)14(2)29-32/h7-12H,6,13H2,1-5H3,(H,27,35)(H,28,34). The fourth-order valence-corrected chi connectivity index (χ4v) is 3.99. The largest absolute Gasteiger partial charge is 0.319 e. The van der Waals surface area contributed by atoms with Crippen LogP contribution >= 0.6 is 0 Å². The number of rotatable bonds is 8. The molecule has 1 aromatic carbocycles. The Hall–Kier alpha value is -4.81. The lowest BCUT2D eigenvalue weighted by molar-refractivity contribution is -0.386. The number of amides is 2. The monoisotopic (exact) mass is 505 g/mol. The second-order valence-electron chi connectivity index (χ2n) is 8.53. The van der Waals surface area contributed by atoms with Gasteiger partial charge in [-0.3, -0.25) is 33.7 Å². The van der Waals surface area contributed by atoms with E-state index in [1.54, 1.807) is 60.7 Å². The molecule has 0 saturated heterocycles. The van der Waals surface area contributed by atoms with Gasteiger partial charge in [-0.05, 0) is 45.4 Å². The summed E-state index contributed by atoms with van der Waals surface area (Å²) in [4.78, 5) is 36.8. The molecule has 2 N–H and O–H groups in total. The number of hydrogen-bond donors (Lipinski definition) is 2. The molecule has 0 fully saturated rings. The third-order valence-corrected chi connectivity index (χ3v) is 6.16. The number of aromatic nitrogens is 6. The fraction of sp³-hybridized carbons (Fsp3) is 0.292. The first-order chi connectivity index (χ1) is 17.6. The predicted octanol–water partition coefficient (Wildman–Crippen LogP) is 3.22. The molecular weight excluding hydrogens is 478 g/mol. The number of carbonyl (C=O) groups excluding carboxylic acids is 2. The van der Waals surface area contributed by atoms with Gasteiger partial charge in [0.15, 0.2) is 0 Å². The first kappa shape index (κ1) is 25.3. The van der Waals surface area contributed by atoms with Crippen molar-refractivity contribution >= 4 is 28.9 Å². The van der Waals surface area contributed by atoms with E-state index >= 15 is 0 Å². The molecule has 3 aromatic heterocycles. The van der Waals surface area contributed by atoms with Gasteiger partial charge >= 0.3 is 5.69 Å². The molecule has 192 valence electrons. The maximum atomic E-state index is 13.1. The molecule has 0 unspecified atom stereocenters. The first-order valence-corrected chi connectivity index (χ1v) is 11.5. The van der Waals surface area contributed by atoms with Gasteiger partial charge in [0, 0.05) is 19.2 Å². The zero-order valence-electron chi connectivity index (χ0n) is 21.1. The van der Waals surface area contributed by atoms with Crippen molar-refractivity contribution in [3.05, 3.63) is 80.7 Å². The molecule has 13 heteroatoms. The molecular formula is C24H27N9O4. The molecule has 37 heavy (non-hydrogen) atoms. The molecule has 4 rings (SSSR count). The van der Waals surface area contributed by atoms with E-state index in [4.69, 9.17) is 0 Å². The van der Waals surface area contributed by atoms with E-state index in [2.05, 4.69) is 25.9 Å². The maximum Gasteiger partial charge on any atom is 0.312 e. The summed E-state index contributed by atoms with van der Waals surface area (Å²) in [6, 6.07) is 6.80. The van der Waals surface area contributed by atoms with Gasteiger partial charge in [0.2, 0.25) is 0 Å². The van der Waals surface area contributed by atoms with Gasteiger partial charge < -0.3 is 10.6 Å². The van der Waals surface area contributed by atoms with Crippen LogP contribution in [0.5, 0.6) is 0 Å². The molecule has 13 nitrogen and oxygen atoms in total. The highest BCUT2D eigenvalue weighted by molar-refractivity contribution is 6.11. The number of aryl methyl sites for hydroxylation is 3. The maximum absolute atomic E-state index is 13.1. The highest BCUT2D eigenvalue weighted by Crippen LogP contribution is 2.23. The third-order valence-electron chi connectivity index (χ3n) is 6.16. The average molecular weight is 506 g/mol. The highest BCUT2D eigenvalue weighted by Gasteiger charge is 2.23. The summed E-state index contributed by atoms with van der Waals surface area (Å²) in [5, 5.41) is 29.5. The Kier molecular flexibility index (Phi) is 6.87. The van der Waals surface area contributed by atoms with Gasteiger partial charge in [0.25, 0.3) is 11.8 Å². The topological polar surface area (TPSA) is 155 Å². The zero-order chi connectivity index (χ0) is 26.9. The number of nitro groups is 1. The lowest BCUT2D eigenvalue weighted by Crippen LogP contribution is -2.21. The Labute approximate surface area is 212 Å². The molecule has 2 amide bonds. The number of nitrogens with zero attached hydrogens (tertiary/aromatic N) is 7. The van der Waals surface area contributed by atoms with Crippen LogP contribution in [0.1, 0.15) is 50.4 Å². The van der Waals surface area contributed by atoms with Gasteiger partial charge in [-0.2, -0.15) is 15.3 Å². The van der Waals surface area contributed by atoms with Gasteiger partial charge in [-0.1, -0.05) is 12.1 Å². The van der Waals surface area contributed by atoms with Gasteiger partial charge in [-0.25, -0.2) is 0 Å². The summed E-state index contributed by atoms with van der Waals surface area (Å²) in [6.45, 7) is 7.69. The Morgan fingerprint density at radius 3 is 2.16 bits per heavy atom. The molecule has 4 aromatic rings. The van der Waals surface area contributed by atoms with Crippen LogP contribution in [0.3, 0.4) is 0 Å². The molecule has 0 aliphatic heterocycles. The number of anilines is 2. The Morgan fingerprint density at radius 2 is 1.59 bits per heavy atom. The van der Waals surface area contributed by atoms with Crippen LogP contribution in [-0.4, -0.2) is 46.1 Å². The normalized spacial score (nSPS) is 10.9. The molecule has 0 aliphatic carbocycles. The molecule has 0 atom stereocenters. The van der Waals surface area contributed by atoms with E-state index in [0.29, 0.717) is 35.7 Å². The predicted molar refractivity (Wildman–Crippen MR) is 136 cm³/mol. The van der Waals surface area contributed by atoms with Gasteiger partial charge in [-0.15, -0.1) is 0 Å². The van der Waals surface area contributed by atoms with Crippen molar-refractivity contribution in [1.82, 2.24) is 29.3 Å². The second kappa shape index (κ2) is 10.0. The number of benzene rings is 1. The van der Waals surface area contributed by atoms with Crippen molar-refractivity contribution in [1.29, 1.82) is 0 Å². The van der Waals surface area contributed by atoms with Crippen LogP contribution in [0.2, 0.25) is 0 Å². The summed E-state index contributed by atoms with van der Waals surface area (Å²) < 4.78 is 4.72. The molecule has 0 bridgehead atoms. The minimum Gasteiger partial charge on any atom is -0.319 e. The summed E-state index contributed by atoms with van der Waals surface area (Å²) in [7, 11) is 1.78. The van der Waals surface area contributed by atoms with Gasteiger partial charge in [0.05, 0.1) is 40.9 Å². The van der Waals surface area contributed by atoms with Crippen molar-refractivity contribution in [3.63, 3.8) is 0 Å². The van der Waals surface area contributed by atoms with Crippen LogP contribution in [0.15, 0.2) is 36.7 Å². The van der Waals surface area contributed by atoms with Crippen LogP contribution < -0.4 is 10.6 Å². The van der Waals surface area contributed by atoms with Crippen molar-refractivity contribution in [2.45, 2.75) is 40.8 Å². The Morgan fingerprint density at radius 1 is 0.946 bits per heavy atom. The highest BCUT2D eigenvalue weighted by atomic mass is 16.6. The van der Waals surface area contributed by atoms with Crippen molar-refractivity contribution < 1.29 is 14.5 Å². The molecule has 3 heterocycles. The SMILES string of the molecule is CCn1ncc(NC(=O)c2ccc(Cn3nc(C)c([N+](=O)[O-])c3C)cc2)c1C(=O)Nc1cnn(C)c1C. The minimum absolute atomic E-state index is 0.00199. The van der Waals surface area contributed by atoms with Crippen molar-refractivity contribution in [2.75, 3.05) is 10.6 Å². The fourth-order valence-electron chi connectivity index (χ4n) is 3.99. The summed E-state index contributed by atoms with van der Waals surface area (Å²) in [6.07, 6.45) is 3.00. The van der Waals surface area contributed by atoms with Crippen LogP contribution in [0.25, 0.3) is 0 Å². The number of nitrogens with one attached hydrogen (secondary N) is 2. The molecule has 0 saturated carbocycles. The molecule has 0 radical (unpaired) electrons. The summed E-state index contributed by atoms with van der Waals surface area (Å²) in [5.74, 6) is -0.823. The van der Waals surface area contributed by atoms with E-state index in [-0.39, 0.29) is 17.1 Å². The molecule has 0 aliphatic rings. The zero-order valence-corrected chi connectivity index (χ0v) is 21.1. The van der Waals surface area contributed by atoms with E-state index < -0.39 is 16.7 Å². The Bertz CT molecular complexity index is 1500. The quantitative estimate of drug-likeness (QED) is 0.275. The van der Waals surface area contributed by atoms with E-state index in [0.717, 1.165) is 11.3 Å². The van der Waals surface area contributed by atoms with Crippen LogP contribution in [-0.2, 0) is 20.1 Å². The second-order valence-corrected chi connectivity index (χ2v) is 8.53. The lowest BCUT2D eigenvalue weighted by atomic mass is 10.1. The van der Waals surface area contributed by atoms with E-state index in [9.17, 15) is 19.7 Å². The number of carbonyl (C=O) groups is 2. The average Bonchev–Trinajstić information content (AvgIpc) is 3.50. The number of hydrogen-bond acceptors (Lipinski definition) is 7. The first-order valence-electron chi connectivity index (χ1n) is 11.5. The van der Waals surface area contributed by atoms with Crippen LogP contribution in [0, 0.1) is 30.9 Å². The van der Waals surface area contributed by atoms with Crippen LogP contribution in [0.4, 0.5) is 17.1 Å². The smallest absolute Gasteiger partial charge is 0.312 e. The minimum atomic E-state index is -0.436. The van der Waals surface area contributed by atoms with Crippen molar-refractivity contribution in [3.8, 4) is 0 Å². The summed E-state index contributed by atoms with van der Waals surface area (Å²) >= 11 is 0. The third kappa shape index (κ3) is 4.96. The molecule has 0 spiro atoms. The van der Waals surface area contributed by atoms with E-state index in [1.165, 1.54) is 10.9 Å². The van der Waals surface area contributed by atoms with E-state index in [1.807, 2.05) is 13.8 Å². The summed E-state index contributed by atoms with van der Waals surface area (Å²) in [5.41, 5.74) is 3.88.